The minimum Gasteiger partial charge on any atom is -0.293 e. The molecule has 0 saturated carbocycles. The highest BCUT2D eigenvalue weighted by molar-refractivity contribution is 8.00. The van der Waals surface area contributed by atoms with Crippen LogP contribution in [0.4, 0.5) is 0 Å². The van der Waals surface area contributed by atoms with Crippen molar-refractivity contribution < 1.29 is 4.79 Å². The van der Waals surface area contributed by atoms with Gasteiger partial charge in [-0.3, -0.25) is 9.20 Å². The molecule has 124 valence electrons. The number of pyridine rings is 1. The molecule has 4 rings (SSSR count). The molecule has 0 spiro atoms. The van der Waals surface area contributed by atoms with Gasteiger partial charge >= 0.3 is 0 Å². The Hall–Kier alpha value is -2.66. The predicted octanol–water partition coefficient (Wildman–Crippen LogP) is 4.55. The van der Waals surface area contributed by atoms with Crippen LogP contribution < -0.4 is 0 Å². The predicted molar refractivity (Wildman–Crippen MR) is 101 cm³/mol. The van der Waals surface area contributed by atoms with Crippen molar-refractivity contribution in [1.29, 1.82) is 0 Å². The van der Waals surface area contributed by atoms with Crippen molar-refractivity contribution in [1.82, 2.24) is 14.6 Å². The number of carbonyl (C=O) groups excluding carboxylic acids is 1. The van der Waals surface area contributed by atoms with Crippen molar-refractivity contribution in [3.8, 4) is 0 Å². The summed E-state index contributed by atoms with van der Waals surface area (Å²) in [4.78, 5) is 12.6. The van der Waals surface area contributed by atoms with Crippen LogP contribution in [0.1, 0.15) is 22.8 Å². The molecule has 0 aliphatic carbocycles. The molecule has 1 unspecified atom stereocenters. The zero-order valence-electron chi connectivity index (χ0n) is 14.0. The van der Waals surface area contributed by atoms with E-state index in [9.17, 15) is 4.79 Å². The number of nitrogens with zero attached hydrogens (tertiary/aromatic N) is 3. The molecule has 4 nitrogen and oxygen atoms in total. The number of Topliss-reactive ketones (excluding diaryl/α,β-unsaturated/α-hetero) is 1. The van der Waals surface area contributed by atoms with Crippen LogP contribution >= 0.6 is 11.8 Å². The van der Waals surface area contributed by atoms with Crippen LogP contribution in [0.15, 0.2) is 65.8 Å². The molecular formula is C20H17N3OS. The fraction of sp³-hybridized carbons (Fsp3) is 0.150. The number of aromatic nitrogens is 3. The van der Waals surface area contributed by atoms with Gasteiger partial charge < -0.3 is 0 Å². The van der Waals surface area contributed by atoms with Crippen LogP contribution in [-0.2, 0) is 0 Å². The van der Waals surface area contributed by atoms with Crippen molar-refractivity contribution in [2.45, 2.75) is 24.3 Å². The third-order valence-electron chi connectivity index (χ3n) is 4.28. The van der Waals surface area contributed by atoms with E-state index in [-0.39, 0.29) is 11.0 Å². The summed E-state index contributed by atoms with van der Waals surface area (Å²) in [6.07, 6.45) is 0. The van der Waals surface area contributed by atoms with Gasteiger partial charge in [0.15, 0.2) is 16.6 Å². The first-order valence-electron chi connectivity index (χ1n) is 8.14. The molecule has 0 amide bonds. The van der Waals surface area contributed by atoms with Crippen molar-refractivity contribution >= 4 is 34.1 Å². The van der Waals surface area contributed by atoms with E-state index in [1.165, 1.54) is 22.7 Å². The zero-order chi connectivity index (χ0) is 17.4. The minimum absolute atomic E-state index is 0.0961. The van der Waals surface area contributed by atoms with Gasteiger partial charge in [0.2, 0.25) is 0 Å². The average Bonchev–Trinajstić information content (AvgIpc) is 3.04. The Kier molecular flexibility index (Phi) is 4.01. The van der Waals surface area contributed by atoms with Gasteiger partial charge in [0, 0.05) is 10.9 Å². The van der Waals surface area contributed by atoms with Gasteiger partial charge in [-0.1, -0.05) is 60.3 Å². The van der Waals surface area contributed by atoms with Crippen molar-refractivity contribution in [2.75, 3.05) is 0 Å². The lowest BCUT2D eigenvalue weighted by Crippen LogP contribution is -2.14. The molecule has 1 atom stereocenters. The second kappa shape index (κ2) is 6.33. The molecule has 0 aliphatic rings. The normalized spacial score (nSPS) is 12.6. The SMILES string of the molecule is Cc1cc2nnc(SC(C)C(=O)c3ccccc3)n2c2ccccc12. The smallest absolute Gasteiger partial charge is 0.196 e. The molecule has 0 bridgehead atoms. The Balaban J connectivity index is 1.75. The third kappa shape index (κ3) is 2.81. The summed E-state index contributed by atoms with van der Waals surface area (Å²) < 4.78 is 2.03. The molecular weight excluding hydrogens is 330 g/mol. The van der Waals surface area contributed by atoms with E-state index in [0.29, 0.717) is 0 Å². The van der Waals surface area contributed by atoms with Crippen LogP contribution in [0.3, 0.4) is 0 Å². The molecule has 2 aromatic heterocycles. The van der Waals surface area contributed by atoms with Crippen LogP contribution in [0, 0.1) is 6.92 Å². The van der Waals surface area contributed by atoms with Gasteiger partial charge in [-0.2, -0.15) is 0 Å². The monoisotopic (exact) mass is 347 g/mol. The highest BCUT2D eigenvalue weighted by atomic mass is 32.2. The van der Waals surface area contributed by atoms with Gasteiger partial charge in [-0.25, -0.2) is 0 Å². The number of benzene rings is 2. The maximum Gasteiger partial charge on any atom is 0.196 e. The Labute approximate surface area is 149 Å². The lowest BCUT2D eigenvalue weighted by Gasteiger charge is -2.11. The number of aryl methyl sites for hydroxylation is 1. The zero-order valence-corrected chi connectivity index (χ0v) is 14.8. The quantitative estimate of drug-likeness (QED) is 0.401. The highest BCUT2D eigenvalue weighted by Crippen LogP contribution is 2.29. The number of hydrogen-bond donors (Lipinski definition) is 0. The van der Waals surface area contributed by atoms with Gasteiger partial charge in [-0.15, -0.1) is 10.2 Å². The molecule has 25 heavy (non-hydrogen) atoms. The number of hydrogen-bond acceptors (Lipinski definition) is 4. The van der Waals surface area contributed by atoms with Gasteiger partial charge in [0.05, 0.1) is 10.8 Å². The van der Waals surface area contributed by atoms with Gasteiger partial charge in [-0.05, 0) is 31.5 Å². The number of para-hydroxylation sites is 1. The summed E-state index contributed by atoms with van der Waals surface area (Å²) in [7, 11) is 0. The maximum atomic E-state index is 12.6. The molecule has 5 heteroatoms. The van der Waals surface area contributed by atoms with E-state index in [0.717, 1.165) is 21.9 Å². The van der Waals surface area contributed by atoms with Crippen molar-refractivity contribution in [2.24, 2.45) is 0 Å². The van der Waals surface area contributed by atoms with E-state index in [1.807, 2.05) is 59.9 Å². The number of ketones is 1. The average molecular weight is 347 g/mol. The summed E-state index contributed by atoms with van der Waals surface area (Å²) in [6, 6.07) is 19.6. The molecule has 0 N–H and O–H groups in total. The van der Waals surface area contributed by atoms with Crippen LogP contribution in [-0.4, -0.2) is 25.6 Å². The first-order chi connectivity index (χ1) is 12.1. The lowest BCUT2D eigenvalue weighted by atomic mass is 10.1. The Morgan fingerprint density at radius 1 is 1.04 bits per heavy atom. The molecule has 0 saturated heterocycles. The Bertz CT molecular complexity index is 1070. The number of carbonyl (C=O) groups is 1. The maximum absolute atomic E-state index is 12.6. The highest BCUT2D eigenvalue weighted by Gasteiger charge is 2.20. The summed E-state index contributed by atoms with van der Waals surface area (Å²) >= 11 is 1.44. The first kappa shape index (κ1) is 15.8. The van der Waals surface area contributed by atoms with Crippen molar-refractivity contribution in [3.63, 3.8) is 0 Å². The molecule has 2 aromatic carbocycles. The molecule has 0 fully saturated rings. The number of thioether (sulfide) groups is 1. The third-order valence-corrected chi connectivity index (χ3v) is 5.33. The summed E-state index contributed by atoms with van der Waals surface area (Å²) in [6.45, 7) is 3.99. The van der Waals surface area contributed by atoms with Crippen LogP contribution in [0.2, 0.25) is 0 Å². The minimum atomic E-state index is -0.241. The van der Waals surface area contributed by atoms with Crippen LogP contribution in [0.25, 0.3) is 16.6 Å². The second-order valence-electron chi connectivity index (χ2n) is 6.01. The van der Waals surface area contributed by atoms with Gasteiger partial charge in [0.1, 0.15) is 0 Å². The second-order valence-corrected chi connectivity index (χ2v) is 7.32. The Morgan fingerprint density at radius 2 is 1.76 bits per heavy atom. The van der Waals surface area contributed by atoms with E-state index in [1.54, 1.807) is 0 Å². The molecule has 2 heterocycles. The lowest BCUT2D eigenvalue weighted by molar-refractivity contribution is 0.0994. The van der Waals surface area contributed by atoms with Crippen LogP contribution in [0.5, 0.6) is 0 Å². The number of rotatable bonds is 4. The Morgan fingerprint density at radius 3 is 2.56 bits per heavy atom. The molecule has 4 aromatic rings. The fourth-order valence-corrected chi connectivity index (χ4v) is 3.94. The van der Waals surface area contributed by atoms with E-state index in [4.69, 9.17) is 0 Å². The number of fused-ring (bicyclic) bond motifs is 3. The summed E-state index contributed by atoms with van der Waals surface area (Å²) in [5.74, 6) is 0.0961. The van der Waals surface area contributed by atoms with Crippen molar-refractivity contribution in [3.05, 3.63) is 71.8 Å². The van der Waals surface area contributed by atoms with E-state index in [2.05, 4.69) is 29.3 Å². The van der Waals surface area contributed by atoms with E-state index >= 15 is 0 Å². The topological polar surface area (TPSA) is 47.3 Å². The van der Waals surface area contributed by atoms with Gasteiger partial charge in [0.25, 0.3) is 0 Å². The first-order valence-corrected chi connectivity index (χ1v) is 9.02. The van der Waals surface area contributed by atoms with E-state index < -0.39 is 0 Å². The largest absolute Gasteiger partial charge is 0.293 e. The fourth-order valence-electron chi connectivity index (χ4n) is 3.00. The summed E-state index contributed by atoms with van der Waals surface area (Å²) in [5, 5.41) is 10.3. The molecule has 0 radical (unpaired) electrons. The summed E-state index contributed by atoms with van der Waals surface area (Å²) in [5.41, 5.74) is 3.75. The molecule has 0 aliphatic heterocycles. The standard InChI is InChI=1S/C20H17N3OS/c1-13-12-18-21-22-20(23(18)17-11-7-6-10-16(13)17)25-14(2)19(24)15-8-4-3-5-9-15/h3-12,14H,1-2H3.